The molecule has 0 atom stereocenters. The average molecular weight is 452 g/mol. The lowest BCUT2D eigenvalue weighted by molar-refractivity contribution is -0.671. The van der Waals surface area contributed by atoms with E-state index in [0.29, 0.717) is 39.4 Å². The van der Waals surface area contributed by atoms with Gasteiger partial charge < -0.3 is 4.74 Å². The van der Waals surface area contributed by atoms with Crippen LogP contribution < -0.4 is 9.30 Å². The van der Waals surface area contributed by atoms with Crippen LogP contribution in [0.3, 0.4) is 0 Å². The van der Waals surface area contributed by atoms with Gasteiger partial charge in [0, 0.05) is 16.7 Å². The highest BCUT2D eigenvalue weighted by atomic mass is 32.2. The summed E-state index contributed by atoms with van der Waals surface area (Å²) in [4.78, 5) is 11.6. The molecule has 0 saturated heterocycles. The highest BCUT2D eigenvalue weighted by Gasteiger charge is 2.29. The van der Waals surface area contributed by atoms with Crippen molar-refractivity contribution >= 4 is 26.9 Å². The number of aryl methyl sites for hydroxylation is 1. The van der Waals surface area contributed by atoms with Crippen LogP contribution in [0.15, 0.2) is 48.7 Å². The molecule has 5 nitrogen and oxygen atoms in total. The van der Waals surface area contributed by atoms with Gasteiger partial charge in [-0.3, -0.25) is 4.79 Å². The molecule has 0 unspecified atom stereocenters. The van der Waals surface area contributed by atoms with E-state index in [1.54, 1.807) is 42.1 Å². The van der Waals surface area contributed by atoms with E-state index >= 15 is 0 Å². The lowest BCUT2D eigenvalue weighted by Gasteiger charge is -2.16. The Morgan fingerprint density at radius 2 is 1.74 bits per heavy atom. The molecule has 0 aliphatic heterocycles. The van der Waals surface area contributed by atoms with Gasteiger partial charge in [-0.1, -0.05) is 31.2 Å². The van der Waals surface area contributed by atoms with Crippen LogP contribution in [-0.2, 0) is 22.6 Å². The van der Waals surface area contributed by atoms with Gasteiger partial charge in [0.25, 0.3) is 5.69 Å². The molecular formula is C22H21F3NO4S+. The van der Waals surface area contributed by atoms with Crippen LogP contribution in [0.25, 0.3) is 21.9 Å². The third-order valence-electron chi connectivity index (χ3n) is 4.86. The van der Waals surface area contributed by atoms with Gasteiger partial charge in [-0.15, -0.1) is 0 Å². The molecule has 0 bridgehead atoms. The SMILES string of the molecule is CCS(=O)(=O)Cc1ccc(OCC(F)(F)F)c(-c2c[n+](C)c(C=O)c3ccccc23)c1. The summed E-state index contributed by atoms with van der Waals surface area (Å²) in [5, 5.41) is 1.25. The summed E-state index contributed by atoms with van der Waals surface area (Å²) in [5.74, 6) is -0.327. The molecule has 0 saturated carbocycles. The zero-order chi connectivity index (χ0) is 22.8. The van der Waals surface area contributed by atoms with Gasteiger partial charge in [-0.25, -0.2) is 8.42 Å². The molecule has 0 radical (unpaired) electrons. The van der Waals surface area contributed by atoms with Crippen molar-refractivity contribution in [2.45, 2.75) is 18.9 Å². The number of pyridine rings is 1. The zero-order valence-corrected chi connectivity index (χ0v) is 17.8. The Bertz CT molecular complexity index is 1240. The van der Waals surface area contributed by atoms with Crippen LogP contribution in [0.5, 0.6) is 5.75 Å². The Kier molecular flexibility index (Phi) is 6.35. The first kappa shape index (κ1) is 22.7. The number of benzene rings is 2. The maximum atomic E-state index is 12.8. The second-order valence-electron chi connectivity index (χ2n) is 7.11. The number of hydrogen-bond acceptors (Lipinski definition) is 4. The number of hydrogen-bond donors (Lipinski definition) is 0. The zero-order valence-electron chi connectivity index (χ0n) is 16.9. The van der Waals surface area contributed by atoms with E-state index in [9.17, 15) is 26.4 Å². The van der Waals surface area contributed by atoms with E-state index in [1.807, 2.05) is 0 Å². The summed E-state index contributed by atoms with van der Waals surface area (Å²) >= 11 is 0. The molecule has 0 fully saturated rings. The number of sulfone groups is 1. The number of ether oxygens (including phenoxy) is 1. The second-order valence-corrected chi connectivity index (χ2v) is 9.47. The molecule has 0 aliphatic rings. The first-order valence-electron chi connectivity index (χ1n) is 9.44. The van der Waals surface area contributed by atoms with E-state index in [1.165, 1.54) is 25.1 Å². The standard InChI is InChI=1S/C22H21F3NO4S/c1-3-31(28,29)13-15-8-9-21(30-14-22(23,24)25)18(10-15)19-11-26(2)20(12-27)17-7-5-4-6-16(17)19/h4-12H,3,13-14H2,1-2H3/q+1. The third kappa shape index (κ3) is 5.22. The van der Waals surface area contributed by atoms with Crippen molar-refractivity contribution in [3.05, 3.63) is 59.9 Å². The van der Waals surface area contributed by atoms with Gasteiger partial charge in [-0.05, 0) is 23.8 Å². The number of nitrogens with zero attached hydrogens (tertiary/aromatic N) is 1. The van der Waals surface area contributed by atoms with Crippen molar-refractivity contribution in [1.82, 2.24) is 0 Å². The molecule has 9 heteroatoms. The molecule has 0 N–H and O–H groups in total. The van der Waals surface area contributed by atoms with Crippen molar-refractivity contribution < 1.29 is 35.7 Å². The monoisotopic (exact) mass is 452 g/mol. The summed E-state index contributed by atoms with van der Waals surface area (Å²) in [6.45, 7) is 0.0474. The highest BCUT2D eigenvalue weighted by molar-refractivity contribution is 7.90. The molecule has 164 valence electrons. The topological polar surface area (TPSA) is 64.3 Å². The normalized spacial score (nSPS) is 12.2. The van der Waals surface area contributed by atoms with Gasteiger partial charge in [0.2, 0.25) is 6.29 Å². The first-order chi connectivity index (χ1) is 14.5. The molecule has 0 amide bonds. The number of carbonyl (C=O) groups is 1. The van der Waals surface area contributed by atoms with Crippen LogP contribution in [0.2, 0.25) is 0 Å². The number of rotatable bonds is 7. The van der Waals surface area contributed by atoms with Crippen molar-refractivity contribution in [3.8, 4) is 16.9 Å². The maximum absolute atomic E-state index is 12.8. The molecule has 1 heterocycles. The fourth-order valence-electron chi connectivity index (χ4n) is 3.34. The Balaban J connectivity index is 2.25. The van der Waals surface area contributed by atoms with Crippen molar-refractivity contribution in [2.24, 2.45) is 7.05 Å². The van der Waals surface area contributed by atoms with Gasteiger partial charge in [0.05, 0.1) is 16.7 Å². The van der Waals surface area contributed by atoms with Gasteiger partial charge in [0.15, 0.2) is 22.6 Å². The van der Waals surface area contributed by atoms with Crippen molar-refractivity contribution in [2.75, 3.05) is 12.4 Å². The first-order valence-corrected chi connectivity index (χ1v) is 11.3. The van der Waals surface area contributed by atoms with Crippen molar-refractivity contribution in [1.29, 1.82) is 0 Å². The van der Waals surface area contributed by atoms with Crippen LogP contribution in [0.1, 0.15) is 23.0 Å². The smallest absolute Gasteiger partial charge is 0.422 e. The molecule has 1 aromatic heterocycles. The minimum absolute atomic E-state index is 0.0287. The summed E-state index contributed by atoms with van der Waals surface area (Å²) in [6, 6.07) is 11.3. The van der Waals surface area contributed by atoms with E-state index in [-0.39, 0.29) is 17.3 Å². The van der Waals surface area contributed by atoms with E-state index in [0.717, 1.165) is 0 Å². The molecular weight excluding hydrogens is 431 g/mol. The number of aldehydes is 1. The van der Waals surface area contributed by atoms with Crippen LogP contribution in [-0.4, -0.2) is 33.2 Å². The number of aromatic nitrogens is 1. The van der Waals surface area contributed by atoms with E-state index < -0.39 is 22.6 Å². The van der Waals surface area contributed by atoms with E-state index in [4.69, 9.17) is 4.74 Å². The molecule has 0 spiro atoms. The Labute approximate surface area is 178 Å². The number of fused-ring (bicyclic) bond motifs is 1. The fraction of sp³-hybridized carbons (Fsp3) is 0.273. The van der Waals surface area contributed by atoms with Gasteiger partial charge >= 0.3 is 6.18 Å². The van der Waals surface area contributed by atoms with Crippen molar-refractivity contribution in [3.63, 3.8) is 0 Å². The average Bonchev–Trinajstić information content (AvgIpc) is 2.71. The molecule has 0 aliphatic carbocycles. The highest BCUT2D eigenvalue weighted by Crippen LogP contribution is 2.36. The summed E-state index contributed by atoms with van der Waals surface area (Å²) < 4.78 is 69.2. The maximum Gasteiger partial charge on any atom is 0.422 e. The van der Waals surface area contributed by atoms with Crippen LogP contribution >= 0.6 is 0 Å². The number of alkyl halides is 3. The molecule has 3 rings (SSSR count). The fourth-order valence-corrected chi connectivity index (χ4v) is 4.24. The Hall–Kier alpha value is -2.94. The molecule has 2 aromatic carbocycles. The van der Waals surface area contributed by atoms with E-state index in [2.05, 4.69) is 0 Å². The van der Waals surface area contributed by atoms with Gasteiger partial charge in [0.1, 0.15) is 12.8 Å². The number of carbonyl (C=O) groups excluding carboxylic acids is 1. The lowest BCUT2D eigenvalue weighted by atomic mass is 9.97. The molecule has 31 heavy (non-hydrogen) atoms. The summed E-state index contributed by atoms with van der Waals surface area (Å²) in [5.41, 5.74) is 1.68. The summed E-state index contributed by atoms with van der Waals surface area (Å²) in [6.07, 6.45) is -2.20. The van der Waals surface area contributed by atoms with Crippen LogP contribution in [0, 0.1) is 0 Å². The lowest BCUT2D eigenvalue weighted by Crippen LogP contribution is -2.33. The predicted octanol–water partition coefficient (Wildman–Crippen LogP) is 4.02. The minimum Gasteiger partial charge on any atom is -0.483 e. The quantitative estimate of drug-likeness (QED) is 0.401. The predicted molar refractivity (Wildman–Crippen MR) is 111 cm³/mol. The van der Waals surface area contributed by atoms with Crippen LogP contribution in [0.4, 0.5) is 13.2 Å². The Morgan fingerprint density at radius 3 is 2.35 bits per heavy atom. The minimum atomic E-state index is -4.53. The Morgan fingerprint density at radius 1 is 1.06 bits per heavy atom. The second kappa shape index (κ2) is 8.66. The number of halogens is 3. The third-order valence-corrected chi connectivity index (χ3v) is 6.51. The summed E-state index contributed by atoms with van der Waals surface area (Å²) in [7, 11) is -1.70. The largest absolute Gasteiger partial charge is 0.483 e. The molecule has 3 aromatic rings. The van der Waals surface area contributed by atoms with Gasteiger partial charge in [-0.2, -0.15) is 17.7 Å².